The first-order chi connectivity index (χ1) is 9.27. The van der Waals surface area contributed by atoms with Crippen LogP contribution in [0.4, 0.5) is 11.4 Å². The highest BCUT2D eigenvalue weighted by molar-refractivity contribution is 5.55. The zero-order chi connectivity index (χ0) is 13.2. The summed E-state index contributed by atoms with van der Waals surface area (Å²) in [5, 5.41) is 20.4. The van der Waals surface area contributed by atoms with Gasteiger partial charge in [0.2, 0.25) is 0 Å². The van der Waals surface area contributed by atoms with Crippen LogP contribution in [0.15, 0.2) is 60.7 Å². The first kappa shape index (κ1) is 12.0. The molecule has 1 aliphatic rings. The molecule has 1 saturated heterocycles. The highest BCUT2D eigenvalue weighted by Gasteiger charge is 2.37. The van der Waals surface area contributed by atoms with Crippen molar-refractivity contribution >= 4 is 11.4 Å². The predicted octanol–water partition coefficient (Wildman–Crippen LogP) is 1.61. The molecule has 2 atom stereocenters. The lowest BCUT2D eigenvalue weighted by molar-refractivity contribution is 0.0460. The second-order valence-corrected chi connectivity index (χ2v) is 4.58. The number of benzene rings is 2. The summed E-state index contributed by atoms with van der Waals surface area (Å²) < 4.78 is 0. The van der Waals surface area contributed by atoms with Crippen molar-refractivity contribution in [2.24, 2.45) is 0 Å². The molecular formula is C15H16N2O2. The minimum Gasteiger partial charge on any atom is -0.369 e. The van der Waals surface area contributed by atoms with Crippen LogP contribution in [0.25, 0.3) is 0 Å². The summed E-state index contributed by atoms with van der Waals surface area (Å²) in [5.74, 6) is 0. The summed E-state index contributed by atoms with van der Waals surface area (Å²) in [4.78, 5) is 3.55. The van der Waals surface area contributed by atoms with Gasteiger partial charge in [0.15, 0.2) is 12.5 Å². The molecule has 2 N–H and O–H groups in total. The number of aliphatic hydroxyl groups is 2. The molecule has 0 amide bonds. The average Bonchev–Trinajstić information content (AvgIpc) is 2.77. The van der Waals surface area contributed by atoms with Crippen molar-refractivity contribution in [1.82, 2.24) is 0 Å². The van der Waals surface area contributed by atoms with E-state index >= 15 is 0 Å². The molecular weight excluding hydrogens is 240 g/mol. The molecule has 2 aromatic rings. The third kappa shape index (κ3) is 2.16. The Hall–Kier alpha value is -2.04. The maximum atomic E-state index is 10.2. The van der Waals surface area contributed by atoms with E-state index in [1.54, 1.807) is 9.80 Å². The van der Waals surface area contributed by atoms with Crippen molar-refractivity contribution in [3.63, 3.8) is 0 Å². The smallest absolute Gasteiger partial charge is 0.174 e. The van der Waals surface area contributed by atoms with E-state index in [1.165, 1.54) is 0 Å². The Kier molecular flexibility index (Phi) is 3.11. The van der Waals surface area contributed by atoms with Gasteiger partial charge in [-0.15, -0.1) is 0 Å². The van der Waals surface area contributed by atoms with Gasteiger partial charge in [-0.1, -0.05) is 36.4 Å². The Morgan fingerprint density at radius 1 is 0.684 bits per heavy atom. The molecule has 2 unspecified atom stereocenters. The fraction of sp³-hybridized carbons (Fsp3) is 0.200. The molecule has 1 aliphatic heterocycles. The summed E-state index contributed by atoms with van der Waals surface area (Å²) in [6, 6.07) is 19.2. The first-order valence-corrected chi connectivity index (χ1v) is 6.27. The minimum absolute atomic E-state index is 0.455. The van der Waals surface area contributed by atoms with Crippen molar-refractivity contribution in [1.29, 1.82) is 0 Å². The highest BCUT2D eigenvalue weighted by atomic mass is 16.4. The van der Waals surface area contributed by atoms with E-state index in [2.05, 4.69) is 0 Å². The lowest BCUT2D eigenvalue weighted by atomic mass is 10.3. The van der Waals surface area contributed by atoms with Crippen LogP contribution in [0, 0.1) is 0 Å². The van der Waals surface area contributed by atoms with Crippen LogP contribution >= 0.6 is 0 Å². The van der Waals surface area contributed by atoms with Crippen molar-refractivity contribution in [3.05, 3.63) is 60.7 Å². The van der Waals surface area contributed by atoms with Crippen LogP contribution in [-0.2, 0) is 0 Å². The van der Waals surface area contributed by atoms with E-state index in [-0.39, 0.29) is 0 Å². The molecule has 0 saturated carbocycles. The Balaban J connectivity index is 1.88. The second kappa shape index (κ2) is 4.91. The molecule has 0 radical (unpaired) electrons. The largest absolute Gasteiger partial charge is 0.369 e. The molecule has 3 rings (SSSR count). The van der Waals surface area contributed by atoms with Crippen LogP contribution in [0.2, 0.25) is 0 Å². The molecule has 0 spiro atoms. The Morgan fingerprint density at radius 2 is 1.05 bits per heavy atom. The van der Waals surface area contributed by atoms with Crippen LogP contribution < -0.4 is 9.80 Å². The maximum absolute atomic E-state index is 10.2. The second-order valence-electron chi connectivity index (χ2n) is 4.58. The first-order valence-electron chi connectivity index (χ1n) is 6.27. The van der Waals surface area contributed by atoms with Crippen molar-refractivity contribution < 1.29 is 10.2 Å². The zero-order valence-electron chi connectivity index (χ0n) is 10.4. The minimum atomic E-state index is -0.928. The van der Waals surface area contributed by atoms with Gasteiger partial charge in [-0.2, -0.15) is 0 Å². The third-order valence-corrected chi connectivity index (χ3v) is 3.39. The molecule has 0 aromatic heterocycles. The molecule has 0 aliphatic carbocycles. The normalized spacial score (nSPS) is 22.8. The van der Waals surface area contributed by atoms with E-state index in [1.807, 2.05) is 60.7 Å². The van der Waals surface area contributed by atoms with Crippen molar-refractivity contribution in [2.45, 2.75) is 12.5 Å². The van der Waals surface area contributed by atoms with Crippen LogP contribution in [0.1, 0.15) is 0 Å². The summed E-state index contributed by atoms with van der Waals surface area (Å²) in [6.45, 7) is 0.455. The Morgan fingerprint density at radius 3 is 1.42 bits per heavy atom. The Labute approximate surface area is 112 Å². The van der Waals surface area contributed by atoms with Crippen molar-refractivity contribution in [3.8, 4) is 0 Å². The van der Waals surface area contributed by atoms with E-state index in [0.29, 0.717) is 6.67 Å². The number of hydrogen-bond acceptors (Lipinski definition) is 4. The van der Waals surface area contributed by atoms with E-state index in [4.69, 9.17) is 0 Å². The number of hydrogen-bond donors (Lipinski definition) is 2. The monoisotopic (exact) mass is 256 g/mol. The molecule has 19 heavy (non-hydrogen) atoms. The molecule has 2 aromatic carbocycles. The summed E-state index contributed by atoms with van der Waals surface area (Å²) in [6.07, 6.45) is -1.86. The standard InChI is InChI=1S/C15H16N2O2/c18-14-15(19)17(13-9-5-2-6-10-13)11-16(14)12-7-3-1-4-8-12/h1-10,14-15,18-19H,11H2. The van der Waals surface area contributed by atoms with Crippen LogP contribution in [0.3, 0.4) is 0 Å². The number of rotatable bonds is 2. The predicted molar refractivity (Wildman–Crippen MR) is 74.7 cm³/mol. The van der Waals surface area contributed by atoms with E-state index < -0.39 is 12.5 Å². The number of aliphatic hydroxyl groups excluding tert-OH is 2. The van der Waals surface area contributed by atoms with Gasteiger partial charge in [0.05, 0.1) is 6.67 Å². The lowest BCUT2D eigenvalue weighted by Gasteiger charge is -2.21. The van der Waals surface area contributed by atoms with Crippen LogP contribution in [0.5, 0.6) is 0 Å². The van der Waals surface area contributed by atoms with Gasteiger partial charge >= 0.3 is 0 Å². The fourth-order valence-electron chi connectivity index (χ4n) is 2.36. The molecule has 4 nitrogen and oxygen atoms in total. The van der Waals surface area contributed by atoms with Gasteiger partial charge in [0.25, 0.3) is 0 Å². The number of para-hydroxylation sites is 2. The maximum Gasteiger partial charge on any atom is 0.174 e. The van der Waals surface area contributed by atoms with E-state index in [9.17, 15) is 10.2 Å². The zero-order valence-corrected chi connectivity index (χ0v) is 10.4. The SMILES string of the molecule is OC1C(O)N(c2ccccc2)CN1c1ccccc1. The number of nitrogens with zero attached hydrogens (tertiary/aromatic N) is 2. The van der Waals surface area contributed by atoms with Crippen LogP contribution in [-0.4, -0.2) is 29.3 Å². The van der Waals surface area contributed by atoms with Gasteiger partial charge in [-0.3, -0.25) is 0 Å². The Bertz CT molecular complexity index is 483. The van der Waals surface area contributed by atoms with Gasteiger partial charge in [0, 0.05) is 11.4 Å². The summed E-state index contributed by atoms with van der Waals surface area (Å²) in [5.41, 5.74) is 1.79. The summed E-state index contributed by atoms with van der Waals surface area (Å²) in [7, 11) is 0. The van der Waals surface area contributed by atoms with Gasteiger partial charge in [0.1, 0.15) is 0 Å². The number of anilines is 2. The van der Waals surface area contributed by atoms with Crippen molar-refractivity contribution in [2.75, 3.05) is 16.5 Å². The van der Waals surface area contributed by atoms with E-state index in [0.717, 1.165) is 11.4 Å². The topological polar surface area (TPSA) is 46.9 Å². The van der Waals surface area contributed by atoms with Gasteiger partial charge in [-0.05, 0) is 24.3 Å². The fourth-order valence-corrected chi connectivity index (χ4v) is 2.36. The van der Waals surface area contributed by atoms with Gasteiger partial charge < -0.3 is 20.0 Å². The summed E-state index contributed by atoms with van der Waals surface area (Å²) >= 11 is 0. The molecule has 1 fully saturated rings. The third-order valence-electron chi connectivity index (χ3n) is 3.39. The molecule has 4 heteroatoms. The molecule has 0 bridgehead atoms. The molecule has 1 heterocycles. The lowest BCUT2D eigenvalue weighted by Crippen LogP contribution is -2.37. The molecule has 98 valence electrons. The average molecular weight is 256 g/mol. The highest BCUT2D eigenvalue weighted by Crippen LogP contribution is 2.28. The quantitative estimate of drug-likeness (QED) is 0.857. The van der Waals surface area contributed by atoms with Gasteiger partial charge in [-0.25, -0.2) is 0 Å².